The van der Waals surface area contributed by atoms with Gasteiger partial charge < -0.3 is 24.7 Å². The van der Waals surface area contributed by atoms with Gasteiger partial charge in [-0.05, 0) is 63.1 Å². The summed E-state index contributed by atoms with van der Waals surface area (Å²) in [4.78, 5) is 35.1. The molecular weight excluding hydrogens is 440 g/mol. The zero-order valence-corrected chi connectivity index (χ0v) is 20.1. The number of aliphatic hydroxyl groups is 1. The molecule has 0 aromatic heterocycles. The van der Waals surface area contributed by atoms with Crippen LogP contribution in [0.15, 0.2) is 24.3 Å². The highest BCUT2D eigenvalue weighted by Gasteiger charge is 2.51. The molecule has 1 aromatic carbocycles. The van der Waals surface area contributed by atoms with Crippen molar-refractivity contribution in [2.45, 2.75) is 57.1 Å². The lowest BCUT2D eigenvalue weighted by Gasteiger charge is -2.43. The van der Waals surface area contributed by atoms with Crippen LogP contribution in [0, 0.1) is 5.41 Å². The first-order valence-corrected chi connectivity index (χ1v) is 12.9. The molecule has 1 spiro atoms. The molecule has 4 aliphatic rings. The third kappa shape index (κ3) is 4.54. The number of piperazine rings is 1. The molecule has 3 amide bonds. The van der Waals surface area contributed by atoms with E-state index in [1.807, 2.05) is 28.0 Å². The molecule has 0 radical (unpaired) electrons. The summed E-state index contributed by atoms with van der Waals surface area (Å²) in [6, 6.07) is 8.19. The molecular formula is C25H35ClN4O3. The number of benzene rings is 1. The second-order valence-corrected chi connectivity index (χ2v) is 10.7. The van der Waals surface area contributed by atoms with E-state index in [9.17, 15) is 14.7 Å². The number of aliphatic hydroxyl groups excluding tert-OH is 1. The van der Waals surface area contributed by atoms with Gasteiger partial charge in [-0.25, -0.2) is 4.79 Å². The van der Waals surface area contributed by atoms with Gasteiger partial charge in [0.1, 0.15) is 0 Å². The molecule has 0 unspecified atom stereocenters. The number of nitrogens with zero attached hydrogens (tertiary/aromatic N) is 4. The number of carbonyl (C=O) groups is 2. The van der Waals surface area contributed by atoms with E-state index < -0.39 is 5.41 Å². The van der Waals surface area contributed by atoms with E-state index in [1.165, 1.54) is 0 Å². The molecule has 1 atom stereocenters. The number of halogens is 1. The van der Waals surface area contributed by atoms with Gasteiger partial charge in [0.05, 0.1) is 11.5 Å². The smallest absolute Gasteiger partial charge is 0.320 e. The highest BCUT2D eigenvalue weighted by atomic mass is 35.5. The van der Waals surface area contributed by atoms with Crippen molar-refractivity contribution in [2.75, 3.05) is 50.7 Å². The van der Waals surface area contributed by atoms with Crippen LogP contribution in [-0.2, 0) is 4.79 Å². The van der Waals surface area contributed by atoms with Crippen molar-refractivity contribution in [1.29, 1.82) is 0 Å². The summed E-state index contributed by atoms with van der Waals surface area (Å²) in [5.41, 5.74) is 0.686. The molecule has 5 rings (SSSR count). The predicted octanol–water partition coefficient (Wildman–Crippen LogP) is 3.20. The van der Waals surface area contributed by atoms with Crippen molar-refractivity contribution in [1.82, 2.24) is 14.7 Å². The molecule has 3 saturated heterocycles. The van der Waals surface area contributed by atoms with Crippen LogP contribution in [0.3, 0.4) is 0 Å². The summed E-state index contributed by atoms with van der Waals surface area (Å²) in [5, 5.41) is 10.6. The van der Waals surface area contributed by atoms with Crippen LogP contribution in [0.1, 0.15) is 44.9 Å². The standard InChI is InChI=1S/C25H35ClN4O3/c26-19-3-1-4-21(17-19)27-13-15-28(16-14-27)24(33)29-11-2-9-25(18-29)10-12-30(23(25)32)20-5-7-22(31)8-6-20/h1,3-4,17,20,22,31H,2,5-16,18H2/t20?,22?,25-/m1/s1. The summed E-state index contributed by atoms with van der Waals surface area (Å²) < 4.78 is 0. The molecule has 4 fully saturated rings. The number of amides is 3. The van der Waals surface area contributed by atoms with Gasteiger partial charge in [-0.15, -0.1) is 0 Å². The maximum Gasteiger partial charge on any atom is 0.320 e. The van der Waals surface area contributed by atoms with E-state index in [1.54, 1.807) is 0 Å². The number of anilines is 1. The Morgan fingerprint density at radius 1 is 0.970 bits per heavy atom. The van der Waals surface area contributed by atoms with Crippen molar-refractivity contribution in [3.05, 3.63) is 29.3 Å². The summed E-state index contributed by atoms with van der Waals surface area (Å²) >= 11 is 6.14. The minimum Gasteiger partial charge on any atom is -0.393 e. The Hall–Kier alpha value is -1.99. The first-order valence-electron chi connectivity index (χ1n) is 12.5. The predicted molar refractivity (Wildman–Crippen MR) is 128 cm³/mol. The lowest BCUT2D eigenvalue weighted by molar-refractivity contribution is -0.141. The van der Waals surface area contributed by atoms with E-state index in [4.69, 9.17) is 11.6 Å². The van der Waals surface area contributed by atoms with Crippen molar-refractivity contribution in [3.8, 4) is 0 Å². The molecule has 1 aromatic rings. The number of hydrogen-bond donors (Lipinski definition) is 1. The van der Waals surface area contributed by atoms with Crippen molar-refractivity contribution >= 4 is 29.2 Å². The minimum atomic E-state index is -0.410. The van der Waals surface area contributed by atoms with E-state index in [-0.39, 0.29) is 24.1 Å². The molecule has 33 heavy (non-hydrogen) atoms. The fourth-order valence-electron chi connectivity index (χ4n) is 6.27. The van der Waals surface area contributed by atoms with Crippen LogP contribution in [0.2, 0.25) is 5.02 Å². The third-order valence-corrected chi connectivity index (χ3v) is 8.46. The largest absolute Gasteiger partial charge is 0.393 e. The zero-order valence-electron chi connectivity index (χ0n) is 19.3. The number of piperidine rings is 1. The molecule has 1 aliphatic carbocycles. The molecule has 180 valence electrons. The fraction of sp³-hybridized carbons (Fsp3) is 0.680. The Balaban J connectivity index is 1.19. The maximum atomic E-state index is 13.5. The maximum absolute atomic E-state index is 13.5. The first kappa shape index (κ1) is 22.8. The second kappa shape index (κ2) is 9.34. The zero-order chi connectivity index (χ0) is 23.0. The van der Waals surface area contributed by atoms with Gasteiger partial charge in [-0.2, -0.15) is 0 Å². The summed E-state index contributed by atoms with van der Waals surface area (Å²) in [5.74, 6) is 0.243. The third-order valence-electron chi connectivity index (χ3n) is 8.22. The van der Waals surface area contributed by atoms with Crippen LogP contribution in [0.5, 0.6) is 0 Å². The Morgan fingerprint density at radius 2 is 1.73 bits per heavy atom. The summed E-state index contributed by atoms with van der Waals surface area (Å²) in [6.45, 7) is 5.00. The summed E-state index contributed by atoms with van der Waals surface area (Å²) in [6.07, 6.45) is 5.75. The van der Waals surface area contributed by atoms with Gasteiger partial charge in [-0.1, -0.05) is 17.7 Å². The van der Waals surface area contributed by atoms with Crippen molar-refractivity contribution < 1.29 is 14.7 Å². The van der Waals surface area contributed by atoms with E-state index in [0.29, 0.717) is 19.6 Å². The normalized spacial score (nSPS) is 30.9. The minimum absolute atomic E-state index is 0.0758. The van der Waals surface area contributed by atoms with E-state index in [0.717, 1.165) is 81.8 Å². The van der Waals surface area contributed by atoms with Gasteiger partial charge in [-0.3, -0.25) is 4.79 Å². The Kier molecular flexibility index (Phi) is 6.45. The number of hydrogen-bond acceptors (Lipinski definition) is 4. The number of carbonyl (C=O) groups excluding carboxylic acids is 2. The second-order valence-electron chi connectivity index (χ2n) is 10.3. The van der Waals surface area contributed by atoms with E-state index >= 15 is 0 Å². The highest BCUT2D eigenvalue weighted by Crippen LogP contribution is 2.42. The average Bonchev–Trinajstić information content (AvgIpc) is 3.14. The molecule has 1 N–H and O–H groups in total. The van der Waals surface area contributed by atoms with Gasteiger partial charge in [0, 0.05) is 62.6 Å². The molecule has 3 heterocycles. The molecule has 1 saturated carbocycles. The number of rotatable bonds is 2. The van der Waals surface area contributed by atoms with Crippen LogP contribution in [0.25, 0.3) is 0 Å². The lowest BCUT2D eigenvalue weighted by Crippen LogP contribution is -2.57. The van der Waals surface area contributed by atoms with Crippen LogP contribution < -0.4 is 4.90 Å². The van der Waals surface area contributed by atoms with Crippen molar-refractivity contribution in [2.24, 2.45) is 5.41 Å². The fourth-order valence-corrected chi connectivity index (χ4v) is 6.45. The monoisotopic (exact) mass is 474 g/mol. The molecule has 0 bridgehead atoms. The van der Waals surface area contributed by atoms with Gasteiger partial charge in [0.25, 0.3) is 0 Å². The SMILES string of the molecule is O=C(N1CCN(c2cccc(Cl)c2)CC1)N1CCC[C@@]2(CCN(C3CCC(O)CC3)C2=O)C1. The van der Waals surface area contributed by atoms with Crippen molar-refractivity contribution in [3.63, 3.8) is 0 Å². The molecule has 8 heteroatoms. The number of likely N-dealkylation sites (tertiary alicyclic amines) is 2. The summed E-state index contributed by atoms with van der Waals surface area (Å²) in [7, 11) is 0. The Labute approximate surface area is 201 Å². The topological polar surface area (TPSA) is 67.3 Å². The van der Waals surface area contributed by atoms with E-state index in [2.05, 4.69) is 15.9 Å². The van der Waals surface area contributed by atoms with Crippen LogP contribution in [0.4, 0.5) is 10.5 Å². The Morgan fingerprint density at radius 3 is 2.45 bits per heavy atom. The van der Waals surface area contributed by atoms with Gasteiger partial charge in [0.15, 0.2) is 0 Å². The van der Waals surface area contributed by atoms with Gasteiger partial charge in [0.2, 0.25) is 5.91 Å². The molecule has 3 aliphatic heterocycles. The lowest BCUT2D eigenvalue weighted by atomic mass is 9.78. The van der Waals surface area contributed by atoms with Crippen LogP contribution in [-0.4, -0.2) is 89.7 Å². The number of urea groups is 1. The Bertz CT molecular complexity index is 882. The molecule has 7 nitrogen and oxygen atoms in total. The van der Waals surface area contributed by atoms with Crippen LogP contribution >= 0.6 is 11.6 Å². The highest BCUT2D eigenvalue weighted by molar-refractivity contribution is 6.30. The van der Waals surface area contributed by atoms with Gasteiger partial charge >= 0.3 is 6.03 Å². The first-order chi connectivity index (χ1) is 15.9. The quantitative estimate of drug-likeness (QED) is 0.714. The average molecular weight is 475 g/mol.